The highest BCUT2D eigenvalue weighted by atomic mass is 16.5. The Morgan fingerprint density at radius 1 is 0.896 bits per heavy atom. The van der Waals surface area contributed by atoms with Gasteiger partial charge in [0.2, 0.25) is 11.8 Å². The summed E-state index contributed by atoms with van der Waals surface area (Å²) in [4.78, 5) is 29.4. The fourth-order valence-corrected chi connectivity index (χ4v) is 7.98. The van der Waals surface area contributed by atoms with E-state index < -0.39 is 11.8 Å². The van der Waals surface area contributed by atoms with E-state index in [1.165, 1.54) is 10.5 Å². The van der Waals surface area contributed by atoms with Crippen molar-refractivity contribution in [1.29, 1.82) is 0 Å². The van der Waals surface area contributed by atoms with Crippen molar-refractivity contribution in [3.05, 3.63) is 113 Å². The van der Waals surface area contributed by atoms with Gasteiger partial charge in [-0.1, -0.05) is 73.5 Å². The van der Waals surface area contributed by atoms with Gasteiger partial charge in [-0.2, -0.15) is 0 Å². The summed E-state index contributed by atoms with van der Waals surface area (Å²) in [5.41, 5.74) is 7.13. The minimum absolute atomic E-state index is 0.127. The van der Waals surface area contributed by atoms with Crippen molar-refractivity contribution in [2.24, 2.45) is 17.8 Å². The minimum atomic E-state index is -0.436. The van der Waals surface area contributed by atoms with E-state index in [4.69, 9.17) is 9.47 Å². The fraction of sp³-hybridized carbons (Fsp3) is 0.317. The van der Waals surface area contributed by atoms with Gasteiger partial charge in [0, 0.05) is 29.8 Å². The summed E-state index contributed by atoms with van der Waals surface area (Å²) in [6.07, 6.45) is 6.26. The number of anilines is 3. The molecule has 2 fully saturated rings. The first-order valence-electron chi connectivity index (χ1n) is 17.0. The van der Waals surface area contributed by atoms with Crippen molar-refractivity contribution < 1.29 is 24.2 Å². The Bertz CT molecular complexity index is 1880. The molecule has 0 bridgehead atoms. The Balaban J connectivity index is 1.10. The summed E-state index contributed by atoms with van der Waals surface area (Å²) in [5.74, 6) is -0.983. The van der Waals surface area contributed by atoms with Crippen LogP contribution in [-0.4, -0.2) is 43.3 Å². The number of phenols is 1. The number of rotatable bonds is 11. The van der Waals surface area contributed by atoms with Crippen LogP contribution in [0.4, 0.5) is 17.1 Å². The summed E-state index contributed by atoms with van der Waals surface area (Å²) in [7, 11) is 1.68. The zero-order valence-corrected chi connectivity index (χ0v) is 27.5. The van der Waals surface area contributed by atoms with Crippen LogP contribution in [-0.2, 0) is 19.1 Å². The highest BCUT2D eigenvalue weighted by Gasteiger charge is 2.57. The number of para-hydroxylation sites is 1. The zero-order chi connectivity index (χ0) is 33.2. The van der Waals surface area contributed by atoms with Gasteiger partial charge in [0.05, 0.1) is 36.8 Å². The molecule has 3 aliphatic rings. The molecule has 7 rings (SSSR count). The molecule has 48 heavy (non-hydrogen) atoms. The smallest absolute Gasteiger partial charge is 0.238 e. The molecule has 2 aliphatic heterocycles. The molecular weight excluding hydrogens is 600 g/mol. The summed E-state index contributed by atoms with van der Waals surface area (Å²) < 4.78 is 12.1. The molecule has 2 heterocycles. The lowest BCUT2D eigenvalue weighted by molar-refractivity contribution is -0.122. The van der Waals surface area contributed by atoms with E-state index in [2.05, 4.69) is 24.4 Å². The summed E-state index contributed by atoms with van der Waals surface area (Å²) in [5, 5.41) is 15.6. The average molecular weight is 643 g/mol. The number of allylic oxidation sites excluding steroid dienone is 1. The van der Waals surface area contributed by atoms with Crippen LogP contribution in [0.25, 0.3) is 16.8 Å². The van der Waals surface area contributed by atoms with Crippen molar-refractivity contribution in [2.45, 2.75) is 45.1 Å². The molecule has 0 unspecified atom stereocenters. The third-order valence-electron chi connectivity index (χ3n) is 10.1. The van der Waals surface area contributed by atoms with Crippen LogP contribution in [0.2, 0.25) is 0 Å². The van der Waals surface area contributed by atoms with Gasteiger partial charge in [-0.3, -0.25) is 14.5 Å². The average Bonchev–Trinajstić information content (AvgIpc) is 3.64. The van der Waals surface area contributed by atoms with Crippen LogP contribution in [0.15, 0.2) is 108 Å². The predicted octanol–water partition coefficient (Wildman–Crippen LogP) is 8.42. The van der Waals surface area contributed by atoms with E-state index in [1.807, 2.05) is 78.9 Å². The number of hydrogen-bond donors (Lipinski definition) is 2. The third kappa shape index (κ3) is 6.04. The second-order valence-electron chi connectivity index (χ2n) is 13.1. The van der Waals surface area contributed by atoms with Crippen molar-refractivity contribution in [2.75, 3.05) is 30.5 Å². The van der Waals surface area contributed by atoms with Gasteiger partial charge in [0.25, 0.3) is 0 Å². The Kier molecular flexibility index (Phi) is 9.15. The first-order valence-corrected chi connectivity index (χ1v) is 17.0. The van der Waals surface area contributed by atoms with Gasteiger partial charge in [0.15, 0.2) is 0 Å². The monoisotopic (exact) mass is 642 g/mol. The van der Waals surface area contributed by atoms with Crippen LogP contribution >= 0.6 is 0 Å². The van der Waals surface area contributed by atoms with E-state index in [1.54, 1.807) is 13.2 Å². The number of methoxy groups -OCH3 is 1. The van der Waals surface area contributed by atoms with E-state index in [9.17, 15) is 14.7 Å². The van der Waals surface area contributed by atoms with Crippen LogP contribution < -0.4 is 10.2 Å². The van der Waals surface area contributed by atoms with Crippen molar-refractivity contribution in [1.82, 2.24) is 0 Å². The van der Waals surface area contributed by atoms with E-state index >= 15 is 0 Å². The fourth-order valence-electron chi connectivity index (χ4n) is 7.98. The second kappa shape index (κ2) is 13.8. The zero-order valence-electron chi connectivity index (χ0n) is 27.5. The molecule has 4 aromatic rings. The number of amides is 2. The molecule has 2 amide bonds. The normalized spacial score (nSPS) is 22.4. The molecule has 0 radical (unpaired) electrons. The van der Waals surface area contributed by atoms with Crippen LogP contribution in [0.1, 0.15) is 44.6 Å². The lowest BCUT2D eigenvalue weighted by atomic mass is 9.69. The van der Waals surface area contributed by atoms with Crippen LogP contribution in [0.5, 0.6) is 5.75 Å². The number of carbonyl (C=O) groups is 2. The standard InChI is InChI=1S/C41H42N2O5/c1-3-9-26(22-27-15-20-36(44)33-13-8-7-12-32(27)33)14-21-37-38-28(24-47-2)23-34-39(35(38)25-48-37)41(46)43(40(34)45)31-18-16-30(17-19-31)42-29-10-5-4-6-11-29/h4-8,10-13,15-20,22,34-35,37,39,42,44H,3,9,14,21,23-25H2,1-2H3/b26-22+/t34-,35+,37-,39-/m1/s1. The maximum absolute atomic E-state index is 14.1. The van der Waals surface area contributed by atoms with Gasteiger partial charge in [-0.25, -0.2) is 0 Å². The molecular formula is C41H42N2O5. The topological polar surface area (TPSA) is 88.1 Å². The van der Waals surface area contributed by atoms with E-state index in [-0.39, 0.29) is 29.6 Å². The SMILES string of the molecule is CCC/C(=C\c1ccc(O)c2ccccc12)CC[C@H]1OC[C@H]2C1=C(COC)C[C@H]1C(=O)N(c3ccc(Nc4ccccc4)cc3)C(=O)[C@H]12. The number of imide groups is 1. The van der Waals surface area contributed by atoms with Crippen LogP contribution in [0.3, 0.4) is 0 Å². The molecule has 2 saturated heterocycles. The first kappa shape index (κ1) is 31.9. The number of nitrogens with zero attached hydrogens (tertiary/aromatic N) is 1. The quantitative estimate of drug-likeness (QED) is 0.126. The molecule has 7 nitrogen and oxygen atoms in total. The largest absolute Gasteiger partial charge is 0.507 e. The number of nitrogens with one attached hydrogen (secondary N) is 1. The molecule has 0 spiro atoms. The first-order chi connectivity index (χ1) is 23.5. The van der Waals surface area contributed by atoms with Crippen LogP contribution in [0, 0.1) is 17.8 Å². The Morgan fingerprint density at radius 3 is 2.38 bits per heavy atom. The highest BCUT2D eigenvalue weighted by Crippen LogP contribution is 2.50. The lowest BCUT2D eigenvalue weighted by Gasteiger charge is -2.31. The molecule has 0 aromatic heterocycles. The molecule has 4 aromatic carbocycles. The molecule has 7 heteroatoms. The molecule has 4 atom stereocenters. The van der Waals surface area contributed by atoms with Gasteiger partial charge in [0.1, 0.15) is 5.75 Å². The number of phenolic OH excluding ortho intramolecular Hbond substituents is 1. The van der Waals surface area contributed by atoms with Crippen molar-refractivity contribution in [3.63, 3.8) is 0 Å². The molecule has 1 aliphatic carbocycles. The van der Waals surface area contributed by atoms with Gasteiger partial charge in [-0.15, -0.1) is 0 Å². The van der Waals surface area contributed by atoms with Crippen molar-refractivity contribution in [3.8, 4) is 5.75 Å². The maximum Gasteiger partial charge on any atom is 0.238 e. The van der Waals surface area contributed by atoms with E-state index in [0.717, 1.165) is 64.5 Å². The molecule has 246 valence electrons. The third-order valence-corrected chi connectivity index (χ3v) is 10.1. The summed E-state index contributed by atoms with van der Waals surface area (Å²) in [6, 6.07) is 29.1. The number of aromatic hydroxyl groups is 1. The molecule has 2 N–H and O–H groups in total. The Morgan fingerprint density at radius 2 is 1.62 bits per heavy atom. The predicted molar refractivity (Wildman–Crippen MR) is 190 cm³/mol. The number of carbonyl (C=O) groups excluding carboxylic acids is 2. The summed E-state index contributed by atoms with van der Waals surface area (Å²) in [6.45, 7) is 3.04. The molecule has 0 saturated carbocycles. The van der Waals surface area contributed by atoms with Crippen molar-refractivity contribution >= 4 is 45.7 Å². The van der Waals surface area contributed by atoms with E-state index in [0.29, 0.717) is 25.3 Å². The Labute approximate surface area is 281 Å². The highest BCUT2D eigenvalue weighted by molar-refractivity contribution is 6.22. The summed E-state index contributed by atoms with van der Waals surface area (Å²) >= 11 is 0. The second-order valence-corrected chi connectivity index (χ2v) is 13.1. The lowest BCUT2D eigenvalue weighted by Crippen LogP contribution is -2.35. The minimum Gasteiger partial charge on any atom is -0.507 e. The Hall–Kier alpha value is -4.72. The maximum atomic E-state index is 14.1. The number of fused-ring (bicyclic) bond motifs is 4. The number of benzene rings is 4. The van der Waals surface area contributed by atoms with Gasteiger partial charge < -0.3 is 19.9 Å². The number of hydrogen-bond acceptors (Lipinski definition) is 6. The number of ether oxygens (including phenoxy) is 2. The van der Waals surface area contributed by atoms with Gasteiger partial charge >= 0.3 is 0 Å². The van der Waals surface area contributed by atoms with Gasteiger partial charge in [-0.05, 0) is 90.2 Å².